The molecule has 0 saturated carbocycles. The van der Waals surface area contributed by atoms with E-state index < -0.39 is 30.9 Å². The Labute approximate surface area is 163 Å². The molecule has 7 nitrogen and oxygen atoms in total. The number of rotatable bonds is 8. The second-order valence-corrected chi connectivity index (χ2v) is 11.4. The average molecular weight is 441 g/mol. The van der Waals surface area contributed by atoms with E-state index in [0.717, 1.165) is 18.2 Å². The molecule has 1 aliphatic heterocycles. The maximum absolute atomic E-state index is 13.1. The minimum Gasteiger partial charge on any atom is -0.340 e. The van der Waals surface area contributed by atoms with Crippen LogP contribution in [-0.2, 0) is 24.7 Å². The second kappa shape index (κ2) is 8.42. The number of nitrogens with one attached hydrogen (secondary N) is 1. The lowest BCUT2D eigenvalue weighted by Gasteiger charge is -2.39. The van der Waals surface area contributed by atoms with E-state index in [9.17, 15) is 26.0 Å². The molecule has 1 aromatic rings. The first-order valence-corrected chi connectivity index (χ1v) is 11.9. The molecule has 0 aromatic heterocycles. The molecule has 1 fully saturated rings. The molecule has 1 heterocycles. The molecule has 0 atom stereocenters. The van der Waals surface area contributed by atoms with Crippen LogP contribution >= 0.6 is 11.6 Å². The zero-order valence-corrected chi connectivity index (χ0v) is 17.4. The van der Waals surface area contributed by atoms with Crippen LogP contribution in [0.25, 0.3) is 0 Å². The molecule has 0 aliphatic carbocycles. The van der Waals surface area contributed by atoms with Gasteiger partial charge < -0.3 is 4.90 Å². The third-order valence-corrected chi connectivity index (χ3v) is 8.30. The first-order chi connectivity index (χ1) is 12.4. The number of carbonyl (C=O) groups excluding carboxylic acids is 1. The number of carbonyl (C=O) groups is 1. The lowest BCUT2D eigenvalue weighted by Crippen LogP contribution is -2.57. The number of hydrogen-bond donors (Lipinski definition) is 1. The molecule has 1 amide bonds. The van der Waals surface area contributed by atoms with Gasteiger partial charge in [-0.3, -0.25) is 4.79 Å². The van der Waals surface area contributed by atoms with Crippen LogP contribution in [0.5, 0.6) is 0 Å². The predicted octanol–water partition coefficient (Wildman–Crippen LogP) is 1.43. The number of sulfone groups is 1. The summed E-state index contributed by atoms with van der Waals surface area (Å²) in [5.41, 5.74) is 0. The normalized spacial score (nSPS) is 15.8. The van der Waals surface area contributed by atoms with Gasteiger partial charge in [0, 0.05) is 26.1 Å². The molecule has 0 bridgehead atoms. The van der Waals surface area contributed by atoms with Gasteiger partial charge in [0.15, 0.2) is 9.84 Å². The van der Waals surface area contributed by atoms with Crippen LogP contribution in [0, 0.1) is 11.7 Å². The van der Waals surface area contributed by atoms with Crippen LogP contribution in [0.2, 0.25) is 5.02 Å². The van der Waals surface area contributed by atoms with Crippen molar-refractivity contribution in [2.75, 3.05) is 25.4 Å². The summed E-state index contributed by atoms with van der Waals surface area (Å²) in [4.78, 5) is 13.3. The lowest BCUT2D eigenvalue weighted by molar-refractivity contribution is -0.134. The molecule has 2 rings (SSSR count). The molecule has 1 saturated heterocycles. The van der Waals surface area contributed by atoms with Crippen molar-refractivity contribution in [1.29, 1.82) is 0 Å². The molecule has 1 aliphatic rings. The Balaban J connectivity index is 1.82. The van der Waals surface area contributed by atoms with E-state index in [1.54, 1.807) is 0 Å². The number of benzene rings is 1. The Kier molecular flexibility index (Phi) is 6.88. The molecule has 11 heteroatoms. The Morgan fingerprint density at radius 2 is 1.93 bits per heavy atom. The first-order valence-electron chi connectivity index (χ1n) is 8.36. The predicted molar refractivity (Wildman–Crippen MR) is 100 cm³/mol. The van der Waals surface area contributed by atoms with Crippen molar-refractivity contribution in [2.45, 2.75) is 30.4 Å². The quantitative estimate of drug-likeness (QED) is 0.659. The fourth-order valence-electron chi connectivity index (χ4n) is 2.65. The standard InChI is InChI=1S/C16H22ClFN2O5S2/c1-11(2)10-26(22,23)13-8-20(9-13)16(21)5-6-19-27(24,25)12-3-4-15(18)14(17)7-12/h3-4,7,11,13,19H,5-6,8-10H2,1-2H3. The molecular weight excluding hydrogens is 419 g/mol. The smallest absolute Gasteiger partial charge is 0.240 e. The molecular formula is C16H22ClFN2O5S2. The molecule has 0 spiro atoms. The van der Waals surface area contributed by atoms with Gasteiger partial charge in [-0.15, -0.1) is 0 Å². The summed E-state index contributed by atoms with van der Waals surface area (Å²) in [7, 11) is -7.15. The highest BCUT2D eigenvalue weighted by Crippen LogP contribution is 2.21. The van der Waals surface area contributed by atoms with Gasteiger partial charge in [-0.05, 0) is 24.1 Å². The van der Waals surface area contributed by atoms with Crippen LogP contribution in [0.15, 0.2) is 23.1 Å². The molecule has 0 radical (unpaired) electrons. The van der Waals surface area contributed by atoms with Gasteiger partial charge >= 0.3 is 0 Å². The minimum atomic E-state index is -3.92. The largest absolute Gasteiger partial charge is 0.340 e. The van der Waals surface area contributed by atoms with Crippen molar-refractivity contribution >= 4 is 37.4 Å². The van der Waals surface area contributed by atoms with Gasteiger partial charge in [0.2, 0.25) is 15.9 Å². The maximum Gasteiger partial charge on any atom is 0.240 e. The molecule has 27 heavy (non-hydrogen) atoms. The highest BCUT2D eigenvalue weighted by atomic mass is 35.5. The Morgan fingerprint density at radius 3 is 2.48 bits per heavy atom. The topological polar surface area (TPSA) is 101 Å². The average Bonchev–Trinajstić information content (AvgIpc) is 2.46. The third-order valence-electron chi connectivity index (χ3n) is 4.11. The Bertz CT molecular complexity index is 913. The van der Waals surface area contributed by atoms with Crippen LogP contribution in [0.4, 0.5) is 4.39 Å². The zero-order chi connectivity index (χ0) is 20.4. The van der Waals surface area contributed by atoms with Gasteiger partial charge in [-0.1, -0.05) is 25.4 Å². The number of likely N-dealkylation sites (tertiary alicyclic amines) is 1. The summed E-state index contributed by atoms with van der Waals surface area (Å²) in [6, 6.07) is 3.01. The minimum absolute atomic E-state index is 0.0223. The highest BCUT2D eigenvalue weighted by molar-refractivity contribution is 7.92. The fraction of sp³-hybridized carbons (Fsp3) is 0.562. The van der Waals surface area contributed by atoms with Crippen molar-refractivity contribution in [2.24, 2.45) is 5.92 Å². The van der Waals surface area contributed by atoms with Crippen LogP contribution in [0.3, 0.4) is 0 Å². The zero-order valence-electron chi connectivity index (χ0n) is 15.0. The van der Waals surface area contributed by atoms with Gasteiger partial charge in [0.05, 0.1) is 20.9 Å². The monoisotopic (exact) mass is 440 g/mol. The van der Waals surface area contributed by atoms with Crippen LogP contribution in [0.1, 0.15) is 20.3 Å². The number of halogens is 2. The van der Waals surface area contributed by atoms with E-state index in [0.29, 0.717) is 0 Å². The number of amides is 1. The van der Waals surface area contributed by atoms with Crippen molar-refractivity contribution in [3.8, 4) is 0 Å². The van der Waals surface area contributed by atoms with Crippen LogP contribution in [-0.4, -0.2) is 58.3 Å². The summed E-state index contributed by atoms with van der Waals surface area (Å²) in [5, 5.41) is -0.870. The van der Waals surface area contributed by atoms with Crippen LogP contribution < -0.4 is 4.72 Å². The summed E-state index contributed by atoms with van der Waals surface area (Å²) in [6.45, 7) is 3.75. The Hall–Kier alpha value is -1.23. The van der Waals surface area contributed by atoms with Crippen molar-refractivity contribution in [1.82, 2.24) is 9.62 Å². The van der Waals surface area contributed by atoms with E-state index in [4.69, 9.17) is 11.6 Å². The van der Waals surface area contributed by atoms with E-state index in [2.05, 4.69) is 4.72 Å². The van der Waals surface area contributed by atoms with Gasteiger partial charge in [-0.2, -0.15) is 0 Å². The van der Waals surface area contributed by atoms with E-state index in [1.807, 2.05) is 13.8 Å². The SMILES string of the molecule is CC(C)CS(=O)(=O)C1CN(C(=O)CCNS(=O)(=O)c2ccc(F)c(Cl)c2)C1. The maximum atomic E-state index is 13.1. The second-order valence-electron chi connectivity index (χ2n) is 6.87. The van der Waals surface area contributed by atoms with Crippen molar-refractivity contribution in [3.63, 3.8) is 0 Å². The van der Waals surface area contributed by atoms with Crippen molar-refractivity contribution < 1.29 is 26.0 Å². The van der Waals surface area contributed by atoms with Gasteiger partial charge in [0.25, 0.3) is 0 Å². The summed E-state index contributed by atoms with van der Waals surface area (Å²) < 4.78 is 63.8. The summed E-state index contributed by atoms with van der Waals surface area (Å²) >= 11 is 5.58. The van der Waals surface area contributed by atoms with Gasteiger partial charge in [0.1, 0.15) is 5.82 Å². The van der Waals surface area contributed by atoms with E-state index in [1.165, 1.54) is 4.90 Å². The number of nitrogens with zero attached hydrogens (tertiary/aromatic N) is 1. The van der Waals surface area contributed by atoms with E-state index >= 15 is 0 Å². The van der Waals surface area contributed by atoms with Gasteiger partial charge in [-0.25, -0.2) is 25.9 Å². The molecule has 1 aromatic carbocycles. The number of sulfonamides is 1. The molecule has 152 valence electrons. The third kappa shape index (κ3) is 5.63. The molecule has 1 N–H and O–H groups in total. The summed E-state index contributed by atoms with van der Waals surface area (Å²) in [6.07, 6.45) is -0.106. The summed E-state index contributed by atoms with van der Waals surface area (Å²) in [5.74, 6) is -0.954. The van der Waals surface area contributed by atoms with E-state index in [-0.39, 0.29) is 53.6 Å². The lowest BCUT2D eigenvalue weighted by atomic mass is 10.2. The molecule has 0 unspecified atom stereocenters. The Morgan fingerprint density at radius 1 is 1.30 bits per heavy atom. The first kappa shape index (κ1) is 22.1. The highest BCUT2D eigenvalue weighted by Gasteiger charge is 2.39. The number of hydrogen-bond acceptors (Lipinski definition) is 5. The van der Waals surface area contributed by atoms with Crippen molar-refractivity contribution in [3.05, 3.63) is 29.0 Å². The fourth-order valence-corrected chi connectivity index (χ4v) is 5.97.